The summed E-state index contributed by atoms with van der Waals surface area (Å²) in [6, 6.07) is 8.02. The molecule has 0 saturated carbocycles. The fourth-order valence-electron chi connectivity index (χ4n) is 1.37. The number of thiazole rings is 1. The molecular formula is C12H10INOS. The zero-order valence-corrected chi connectivity index (χ0v) is 11.7. The van der Waals surface area contributed by atoms with Gasteiger partial charge in [0.15, 0.2) is 5.78 Å². The van der Waals surface area contributed by atoms with Crippen molar-refractivity contribution in [2.24, 2.45) is 0 Å². The van der Waals surface area contributed by atoms with Crippen LogP contribution in [0.1, 0.15) is 20.2 Å². The molecule has 0 spiro atoms. The van der Waals surface area contributed by atoms with Crippen molar-refractivity contribution in [1.29, 1.82) is 0 Å². The van der Waals surface area contributed by atoms with Crippen LogP contribution in [0.15, 0.2) is 30.5 Å². The number of benzene rings is 1. The van der Waals surface area contributed by atoms with Crippen molar-refractivity contribution in [2.75, 3.05) is 0 Å². The van der Waals surface area contributed by atoms with Crippen LogP contribution < -0.4 is 0 Å². The van der Waals surface area contributed by atoms with Crippen LogP contribution in [-0.4, -0.2) is 10.8 Å². The van der Waals surface area contributed by atoms with Gasteiger partial charge in [-0.2, -0.15) is 0 Å². The Morgan fingerprint density at radius 1 is 1.38 bits per heavy atom. The summed E-state index contributed by atoms with van der Waals surface area (Å²) in [7, 11) is 0. The highest BCUT2D eigenvalue weighted by Gasteiger charge is 2.09. The molecule has 0 bridgehead atoms. The van der Waals surface area contributed by atoms with E-state index in [9.17, 15) is 4.79 Å². The normalized spacial score (nSPS) is 10.4. The Bertz CT molecular complexity index is 504. The number of carbonyl (C=O) groups is 1. The molecule has 2 rings (SSSR count). The van der Waals surface area contributed by atoms with E-state index in [4.69, 9.17) is 0 Å². The SMILES string of the molecule is Cc1ncc(C(=O)Cc2ccc(I)cc2)s1. The Kier molecular flexibility index (Phi) is 3.70. The zero-order valence-electron chi connectivity index (χ0n) is 8.74. The van der Waals surface area contributed by atoms with Gasteiger partial charge >= 0.3 is 0 Å². The van der Waals surface area contributed by atoms with Crippen molar-refractivity contribution < 1.29 is 4.79 Å². The minimum absolute atomic E-state index is 0.145. The molecular weight excluding hydrogens is 333 g/mol. The third-order valence-electron chi connectivity index (χ3n) is 2.17. The van der Waals surface area contributed by atoms with Crippen LogP contribution in [0.3, 0.4) is 0 Å². The Morgan fingerprint density at radius 2 is 2.06 bits per heavy atom. The lowest BCUT2D eigenvalue weighted by atomic mass is 10.1. The number of carbonyl (C=O) groups excluding carboxylic acids is 1. The first-order valence-corrected chi connectivity index (χ1v) is 6.75. The molecule has 2 aromatic rings. The molecule has 0 saturated heterocycles. The molecule has 0 amide bonds. The number of rotatable bonds is 3. The molecule has 82 valence electrons. The third kappa shape index (κ3) is 2.89. The van der Waals surface area contributed by atoms with Crippen LogP contribution in [0.4, 0.5) is 0 Å². The molecule has 0 fully saturated rings. The average Bonchev–Trinajstić information content (AvgIpc) is 2.68. The minimum atomic E-state index is 0.145. The molecule has 16 heavy (non-hydrogen) atoms. The average molecular weight is 343 g/mol. The summed E-state index contributed by atoms with van der Waals surface area (Å²) >= 11 is 3.71. The maximum atomic E-state index is 11.9. The van der Waals surface area contributed by atoms with Crippen LogP contribution >= 0.6 is 33.9 Å². The second kappa shape index (κ2) is 5.05. The highest BCUT2D eigenvalue weighted by molar-refractivity contribution is 14.1. The summed E-state index contributed by atoms with van der Waals surface area (Å²) in [5, 5.41) is 0.936. The number of hydrogen-bond acceptors (Lipinski definition) is 3. The number of halogens is 1. The van der Waals surface area contributed by atoms with Gasteiger partial charge in [-0.15, -0.1) is 11.3 Å². The van der Waals surface area contributed by atoms with Crippen molar-refractivity contribution in [1.82, 2.24) is 4.98 Å². The van der Waals surface area contributed by atoms with Crippen LogP contribution in [-0.2, 0) is 6.42 Å². The summed E-state index contributed by atoms with van der Waals surface area (Å²) in [5.74, 6) is 0.145. The summed E-state index contributed by atoms with van der Waals surface area (Å²) in [6.07, 6.45) is 2.12. The Labute approximate surface area is 112 Å². The lowest BCUT2D eigenvalue weighted by Gasteiger charge is -1.98. The van der Waals surface area contributed by atoms with Crippen LogP contribution in [0.2, 0.25) is 0 Å². The van der Waals surface area contributed by atoms with Gasteiger partial charge in [0.25, 0.3) is 0 Å². The van der Waals surface area contributed by atoms with Crippen LogP contribution in [0.25, 0.3) is 0 Å². The zero-order chi connectivity index (χ0) is 11.5. The van der Waals surface area contributed by atoms with Gasteiger partial charge in [-0.3, -0.25) is 4.79 Å². The highest BCUT2D eigenvalue weighted by atomic mass is 127. The van der Waals surface area contributed by atoms with E-state index in [0.29, 0.717) is 6.42 Å². The second-order valence-corrected chi connectivity index (χ2v) is 5.95. The number of nitrogens with zero attached hydrogens (tertiary/aromatic N) is 1. The molecule has 2 nitrogen and oxygen atoms in total. The maximum absolute atomic E-state index is 11.9. The molecule has 0 aliphatic rings. The largest absolute Gasteiger partial charge is 0.293 e. The second-order valence-electron chi connectivity index (χ2n) is 3.47. The summed E-state index contributed by atoms with van der Waals surface area (Å²) in [6.45, 7) is 1.91. The molecule has 1 heterocycles. The van der Waals surface area contributed by atoms with Gasteiger partial charge in [-0.25, -0.2) is 4.98 Å². The number of Topliss-reactive ketones (excluding diaryl/α,β-unsaturated/α-hetero) is 1. The maximum Gasteiger partial charge on any atom is 0.178 e. The molecule has 0 N–H and O–H groups in total. The molecule has 4 heteroatoms. The van der Waals surface area contributed by atoms with E-state index in [-0.39, 0.29) is 5.78 Å². The smallest absolute Gasteiger partial charge is 0.178 e. The van der Waals surface area contributed by atoms with E-state index >= 15 is 0 Å². The molecule has 1 aromatic carbocycles. The van der Waals surface area contributed by atoms with E-state index < -0.39 is 0 Å². The molecule has 0 aliphatic heterocycles. The van der Waals surface area contributed by atoms with Gasteiger partial charge in [-0.1, -0.05) is 12.1 Å². The predicted octanol–water partition coefficient (Wildman–Crippen LogP) is 3.48. The fraction of sp³-hybridized carbons (Fsp3) is 0.167. The predicted molar refractivity (Wildman–Crippen MR) is 74.0 cm³/mol. The van der Waals surface area contributed by atoms with Gasteiger partial charge in [0.1, 0.15) is 0 Å². The van der Waals surface area contributed by atoms with E-state index in [1.54, 1.807) is 6.20 Å². The van der Waals surface area contributed by atoms with Gasteiger partial charge in [0, 0.05) is 16.2 Å². The quantitative estimate of drug-likeness (QED) is 0.631. The van der Waals surface area contributed by atoms with Crippen molar-refractivity contribution in [3.63, 3.8) is 0 Å². The Morgan fingerprint density at radius 3 is 2.62 bits per heavy atom. The summed E-state index contributed by atoms with van der Waals surface area (Å²) < 4.78 is 1.18. The van der Waals surface area contributed by atoms with Gasteiger partial charge in [-0.05, 0) is 47.2 Å². The molecule has 0 radical (unpaired) electrons. The van der Waals surface area contributed by atoms with E-state index in [1.807, 2.05) is 31.2 Å². The monoisotopic (exact) mass is 343 g/mol. The van der Waals surface area contributed by atoms with Crippen molar-refractivity contribution in [3.8, 4) is 0 Å². The van der Waals surface area contributed by atoms with E-state index in [2.05, 4.69) is 27.6 Å². The molecule has 0 unspecified atom stereocenters. The highest BCUT2D eigenvalue weighted by Crippen LogP contribution is 2.15. The Balaban J connectivity index is 2.10. The first kappa shape index (κ1) is 11.7. The topological polar surface area (TPSA) is 30.0 Å². The lowest BCUT2D eigenvalue weighted by molar-refractivity contribution is 0.0996. The van der Waals surface area contributed by atoms with Crippen molar-refractivity contribution >= 4 is 39.7 Å². The van der Waals surface area contributed by atoms with Gasteiger partial charge < -0.3 is 0 Å². The van der Waals surface area contributed by atoms with Gasteiger partial charge in [0.2, 0.25) is 0 Å². The summed E-state index contributed by atoms with van der Waals surface area (Å²) in [5.41, 5.74) is 1.05. The third-order valence-corrected chi connectivity index (χ3v) is 3.85. The number of hydrogen-bond donors (Lipinski definition) is 0. The molecule has 0 aliphatic carbocycles. The number of ketones is 1. The van der Waals surface area contributed by atoms with Gasteiger partial charge in [0.05, 0.1) is 9.88 Å². The fourth-order valence-corrected chi connectivity index (χ4v) is 2.44. The van der Waals surface area contributed by atoms with Crippen LogP contribution in [0, 0.1) is 10.5 Å². The van der Waals surface area contributed by atoms with E-state index in [1.165, 1.54) is 14.9 Å². The van der Waals surface area contributed by atoms with Crippen molar-refractivity contribution in [3.05, 3.63) is 49.5 Å². The Hall–Kier alpha value is -0.750. The molecule has 0 atom stereocenters. The first-order chi connectivity index (χ1) is 7.65. The minimum Gasteiger partial charge on any atom is -0.293 e. The number of aromatic nitrogens is 1. The van der Waals surface area contributed by atoms with Crippen molar-refractivity contribution in [2.45, 2.75) is 13.3 Å². The standard InChI is InChI=1S/C12H10INOS/c1-8-14-7-12(16-8)11(15)6-9-2-4-10(13)5-3-9/h2-5,7H,6H2,1H3. The first-order valence-electron chi connectivity index (χ1n) is 4.85. The summed E-state index contributed by atoms with van der Waals surface area (Å²) in [4.78, 5) is 16.7. The van der Waals surface area contributed by atoms with Crippen LogP contribution in [0.5, 0.6) is 0 Å². The number of aryl methyl sites for hydroxylation is 1. The lowest BCUT2D eigenvalue weighted by Crippen LogP contribution is -2.00. The van der Waals surface area contributed by atoms with E-state index in [0.717, 1.165) is 15.4 Å². The molecule has 1 aromatic heterocycles.